The molecule has 0 radical (unpaired) electrons. The molecule has 0 saturated carbocycles. The molecule has 0 aliphatic heterocycles. The van der Waals surface area contributed by atoms with Gasteiger partial charge in [0.15, 0.2) is 8.07 Å². The van der Waals surface area contributed by atoms with Crippen LogP contribution in [0.4, 0.5) is 17.1 Å². The van der Waals surface area contributed by atoms with Gasteiger partial charge in [0.25, 0.3) is 0 Å². The summed E-state index contributed by atoms with van der Waals surface area (Å²) < 4.78 is 4.97. The van der Waals surface area contributed by atoms with Crippen LogP contribution in [0.1, 0.15) is 0 Å². The van der Waals surface area contributed by atoms with Gasteiger partial charge >= 0.3 is 0 Å². The van der Waals surface area contributed by atoms with Crippen LogP contribution in [-0.2, 0) is 0 Å². The highest BCUT2D eigenvalue weighted by Gasteiger charge is 2.41. The van der Waals surface area contributed by atoms with Crippen molar-refractivity contribution >= 4 is 110 Å². The van der Waals surface area contributed by atoms with E-state index < -0.39 is 8.07 Å². The van der Waals surface area contributed by atoms with Crippen molar-refractivity contribution in [1.82, 2.24) is 4.57 Å². The van der Waals surface area contributed by atoms with Crippen molar-refractivity contribution in [3.8, 4) is 27.9 Å². The zero-order chi connectivity index (χ0) is 49.0. The standard InChI is InChI=1S/C70H48N2SSi/c1-5-19-53(20-6-1)72-65-30-16-15-28-63(65)69-61(29-17-31-66(69)72)52-34-32-49(33-35-52)50-36-39-54(40-37-50)71(56-43-46-64-68(48-56)73-67-47-38-51-18-13-14-27-62(51)70(64)67)55-41-44-60(45-42-55)74(57-21-7-2-8-22-57,58-23-9-3-10-24-58)59-25-11-4-12-26-59/h1-48H. The number of fused-ring (bicyclic) bond motifs is 8. The van der Waals surface area contributed by atoms with E-state index in [4.69, 9.17) is 0 Å². The molecule has 2 nitrogen and oxygen atoms in total. The van der Waals surface area contributed by atoms with Gasteiger partial charge in [-0.3, -0.25) is 0 Å². The van der Waals surface area contributed by atoms with Gasteiger partial charge in [0, 0.05) is 53.7 Å². The number of hydrogen-bond donors (Lipinski definition) is 0. The molecule has 0 saturated heterocycles. The van der Waals surface area contributed by atoms with Crippen LogP contribution in [0, 0.1) is 0 Å². The van der Waals surface area contributed by atoms with Crippen molar-refractivity contribution in [3.63, 3.8) is 0 Å². The Kier molecular flexibility index (Phi) is 10.8. The van der Waals surface area contributed by atoms with Crippen LogP contribution in [0.25, 0.3) is 80.7 Å². The zero-order valence-corrected chi connectivity index (χ0v) is 42.3. The topological polar surface area (TPSA) is 8.17 Å². The van der Waals surface area contributed by atoms with Crippen LogP contribution in [0.5, 0.6) is 0 Å². The van der Waals surface area contributed by atoms with Gasteiger partial charge in [0.05, 0.1) is 11.0 Å². The zero-order valence-electron chi connectivity index (χ0n) is 40.5. The molecule has 74 heavy (non-hydrogen) atoms. The lowest BCUT2D eigenvalue weighted by molar-refractivity contribution is 1.18. The van der Waals surface area contributed by atoms with Gasteiger partial charge in [0.1, 0.15) is 0 Å². The molecule has 0 spiro atoms. The molecule has 14 aromatic rings. The fourth-order valence-corrected chi connectivity index (χ4v) is 17.7. The van der Waals surface area contributed by atoms with Crippen molar-refractivity contribution in [3.05, 3.63) is 291 Å². The third kappa shape index (κ3) is 7.21. The van der Waals surface area contributed by atoms with Crippen LogP contribution in [0.3, 0.4) is 0 Å². The summed E-state index contributed by atoms with van der Waals surface area (Å²) in [7, 11) is -2.72. The Morgan fingerprint density at radius 3 is 1.46 bits per heavy atom. The Labute approximate surface area is 435 Å². The smallest absolute Gasteiger partial charge is 0.179 e. The van der Waals surface area contributed by atoms with Gasteiger partial charge < -0.3 is 9.47 Å². The Morgan fingerprint density at radius 1 is 0.311 bits per heavy atom. The van der Waals surface area contributed by atoms with Gasteiger partial charge in [-0.2, -0.15) is 0 Å². The average molecular weight is 977 g/mol. The molecule has 12 aromatic carbocycles. The Hall–Kier alpha value is -9.06. The van der Waals surface area contributed by atoms with E-state index in [1.54, 1.807) is 0 Å². The monoisotopic (exact) mass is 976 g/mol. The van der Waals surface area contributed by atoms with Gasteiger partial charge in [0.2, 0.25) is 0 Å². The molecule has 0 atom stereocenters. The number of para-hydroxylation sites is 2. The van der Waals surface area contributed by atoms with Crippen molar-refractivity contribution in [2.24, 2.45) is 0 Å². The predicted molar refractivity (Wildman–Crippen MR) is 320 cm³/mol. The van der Waals surface area contributed by atoms with Crippen LogP contribution in [-0.4, -0.2) is 12.6 Å². The highest BCUT2D eigenvalue weighted by molar-refractivity contribution is 7.26. The second-order valence-electron chi connectivity index (χ2n) is 19.2. The van der Waals surface area contributed by atoms with Crippen molar-refractivity contribution in [1.29, 1.82) is 0 Å². The number of benzene rings is 12. The number of aromatic nitrogens is 1. The van der Waals surface area contributed by atoms with E-state index in [1.165, 1.54) is 95.8 Å². The number of thiophene rings is 1. The number of anilines is 3. The van der Waals surface area contributed by atoms with Crippen molar-refractivity contribution in [2.45, 2.75) is 0 Å². The first-order chi connectivity index (χ1) is 36.7. The normalized spacial score (nSPS) is 11.8. The number of rotatable bonds is 10. The highest BCUT2D eigenvalue weighted by Crippen LogP contribution is 2.44. The van der Waals surface area contributed by atoms with Gasteiger partial charge in [-0.05, 0) is 121 Å². The van der Waals surface area contributed by atoms with Gasteiger partial charge in [-0.1, -0.05) is 224 Å². The third-order valence-corrected chi connectivity index (χ3v) is 21.1. The minimum atomic E-state index is -2.72. The molecule has 0 aliphatic carbocycles. The molecule has 348 valence electrons. The molecule has 0 amide bonds. The van der Waals surface area contributed by atoms with Crippen LogP contribution >= 0.6 is 11.3 Å². The minimum Gasteiger partial charge on any atom is -0.310 e. The average Bonchev–Trinajstić information content (AvgIpc) is 4.04. The summed E-state index contributed by atoms with van der Waals surface area (Å²) in [6.07, 6.45) is 0. The van der Waals surface area contributed by atoms with E-state index in [1.807, 2.05) is 11.3 Å². The quantitative estimate of drug-likeness (QED) is 0.0979. The summed E-state index contributed by atoms with van der Waals surface area (Å²) in [4.78, 5) is 2.43. The molecular formula is C70H48N2SSi. The second kappa shape index (κ2) is 18.2. The van der Waals surface area contributed by atoms with E-state index in [-0.39, 0.29) is 0 Å². The summed E-state index contributed by atoms with van der Waals surface area (Å²) in [6.45, 7) is 0. The van der Waals surface area contributed by atoms with E-state index in [9.17, 15) is 0 Å². The molecule has 14 rings (SSSR count). The van der Waals surface area contributed by atoms with E-state index in [0.717, 1.165) is 22.7 Å². The lowest BCUT2D eigenvalue weighted by atomic mass is 9.97. The Bertz CT molecular complexity index is 4220. The van der Waals surface area contributed by atoms with Crippen LogP contribution in [0.2, 0.25) is 0 Å². The summed E-state index contributed by atoms with van der Waals surface area (Å²) in [6, 6.07) is 108. The summed E-state index contributed by atoms with van der Waals surface area (Å²) in [5.74, 6) is 0. The third-order valence-electron chi connectivity index (χ3n) is 15.1. The predicted octanol–water partition coefficient (Wildman–Crippen LogP) is 16.5. The maximum absolute atomic E-state index is 2.72. The van der Waals surface area contributed by atoms with Crippen molar-refractivity contribution in [2.75, 3.05) is 4.90 Å². The molecule has 0 N–H and O–H groups in total. The van der Waals surface area contributed by atoms with E-state index in [0.29, 0.717) is 0 Å². The first-order valence-electron chi connectivity index (χ1n) is 25.4. The van der Waals surface area contributed by atoms with Crippen molar-refractivity contribution < 1.29 is 0 Å². The molecule has 0 bridgehead atoms. The number of hydrogen-bond acceptors (Lipinski definition) is 2. The Morgan fingerprint density at radius 2 is 0.811 bits per heavy atom. The largest absolute Gasteiger partial charge is 0.310 e. The molecule has 0 unspecified atom stereocenters. The SMILES string of the molecule is c1ccc(-n2c3ccccc3c3c(-c4ccc(-c5ccc(N(c6ccc([Si](c7ccccc7)(c7ccccc7)c7ccccc7)cc6)c6ccc7c(c6)sc6ccc8ccccc8c67)cc5)cc4)cccc32)cc1. The van der Waals surface area contributed by atoms with Crippen LogP contribution < -0.4 is 25.6 Å². The lowest BCUT2D eigenvalue weighted by Crippen LogP contribution is -2.74. The Balaban J connectivity index is 0.872. The summed E-state index contributed by atoms with van der Waals surface area (Å²) in [5.41, 5.74) is 11.7. The molecule has 2 heterocycles. The van der Waals surface area contributed by atoms with Gasteiger partial charge in [-0.15, -0.1) is 11.3 Å². The highest BCUT2D eigenvalue weighted by atomic mass is 32.1. The van der Waals surface area contributed by atoms with E-state index >= 15 is 0 Å². The molecule has 4 heteroatoms. The first-order valence-corrected chi connectivity index (χ1v) is 28.2. The first kappa shape index (κ1) is 43.7. The second-order valence-corrected chi connectivity index (χ2v) is 24.1. The lowest BCUT2D eigenvalue weighted by Gasteiger charge is -2.35. The van der Waals surface area contributed by atoms with Gasteiger partial charge in [-0.25, -0.2) is 0 Å². The maximum atomic E-state index is 2.43. The molecule has 0 aliphatic rings. The van der Waals surface area contributed by atoms with E-state index in [2.05, 4.69) is 301 Å². The maximum Gasteiger partial charge on any atom is 0.179 e. The molecule has 0 fully saturated rings. The molecule has 2 aromatic heterocycles. The molecular weight excluding hydrogens is 929 g/mol. The summed E-state index contributed by atoms with van der Waals surface area (Å²) in [5, 5.41) is 13.2. The number of nitrogens with zero attached hydrogens (tertiary/aromatic N) is 2. The summed E-state index contributed by atoms with van der Waals surface area (Å²) >= 11 is 1.87. The van der Waals surface area contributed by atoms with Crippen LogP contribution in [0.15, 0.2) is 291 Å². The fraction of sp³-hybridized carbons (Fsp3) is 0. The minimum absolute atomic E-state index is 1.10. The fourth-order valence-electron chi connectivity index (χ4n) is 11.8.